The van der Waals surface area contributed by atoms with Gasteiger partial charge in [0.05, 0.1) is 11.9 Å². The predicted molar refractivity (Wildman–Crippen MR) is 76.8 cm³/mol. The van der Waals surface area contributed by atoms with Gasteiger partial charge < -0.3 is 0 Å². The molecule has 0 atom stereocenters. The van der Waals surface area contributed by atoms with E-state index in [1.807, 2.05) is 0 Å². The number of rotatable bonds is 5. The van der Waals surface area contributed by atoms with Crippen molar-refractivity contribution in [3.05, 3.63) is 36.5 Å². The topological polar surface area (TPSA) is 50.3 Å². The molecule has 0 radical (unpaired) electrons. The molecule has 0 amide bonds. The summed E-state index contributed by atoms with van der Waals surface area (Å²) in [6.45, 7) is 0.861. The fourth-order valence-corrected chi connectivity index (χ4v) is 3.74. The highest BCUT2D eigenvalue weighted by molar-refractivity contribution is 7.89. The first-order valence-corrected chi connectivity index (χ1v) is 8.10. The first-order chi connectivity index (χ1) is 10.3. The Morgan fingerprint density at radius 1 is 1.18 bits per heavy atom. The second-order valence-corrected chi connectivity index (χ2v) is 6.60. The molecule has 0 spiro atoms. The van der Waals surface area contributed by atoms with Crippen LogP contribution in [0.15, 0.2) is 41.4 Å². The molecule has 0 aliphatic rings. The molecule has 1 aromatic carbocycles. The van der Waals surface area contributed by atoms with Crippen molar-refractivity contribution in [2.75, 3.05) is 13.1 Å². The highest BCUT2D eigenvalue weighted by atomic mass is 32.2. The third-order valence-electron chi connectivity index (χ3n) is 3.21. The van der Waals surface area contributed by atoms with Crippen LogP contribution in [0, 0.1) is 0 Å². The Balaban J connectivity index is 2.42. The van der Waals surface area contributed by atoms with E-state index in [2.05, 4.69) is 4.98 Å². The summed E-state index contributed by atoms with van der Waals surface area (Å²) in [5.74, 6) is 0. The van der Waals surface area contributed by atoms with E-state index in [9.17, 15) is 21.6 Å². The maximum absolute atomic E-state index is 12.6. The molecular formula is C14H15F3N2O2S. The van der Waals surface area contributed by atoms with E-state index < -0.39 is 29.2 Å². The summed E-state index contributed by atoms with van der Waals surface area (Å²) in [7, 11) is -4.03. The lowest BCUT2D eigenvalue weighted by molar-refractivity contribution is -0.135. The molecule has 4 nitrogen and oxygen atoms in total. The molecule has 0 N–H and O–H groups in total. The Morgan fingerprint density at radius 2 is 1.86 bits per heavy atom. The number of alkyl halides is 3. The Bertz CT molecular complexity index is 755. The van der Waals surface area contributed by atoms with E-state index in [-0.39, 0.29) is 17.0 Å². The van der Waals surface area contributed by atoms with E-state index in [1.165, 1.54) is 19.2 Å². The molecule has 1 aromatic heterocycles. The molecule has 0 unspecified atom stereocenters. The van der Waals surface area contributed by atoms with Gasteiger partial charge in [0.15, 0.2) is 0 Å². The number of benzene rings is 1. The van der Waals surface area contributed by atoms with Crippen LogP contribution in [0.25, 0.3) is 10.9 Å². The number of fused-ring (bicyclic) bond motifs is 1. The van der Waals surface area contributed by atoms with E-state index in [1.54, 1.807) is 24.3 Å². The van der Waals surface area contributed by atoms with E-state index in [4.69, 9.17) is 0 Å². The van der Waals surface area contributed by atoms with Gasteiger partial charge in [0.25, 0.3) is 0 Å². The fourth-order valence-electron chi connectivity index (χ4n) is 2.12. The minimum absolute atomic E-state index is 0.0400. The molecule has 8 heteroatoms. The van der Waals surface area contributed by atoms with Crippen LogP contribution in [0.5, 0.6) is 0 Å². The third kappa shape index (κ3) is 3.56. The lowest BCUT2D eigenvalue weighted by Crippen LogP contribution is -2.34. The average molecular weight is 332 g/mol. The molecule has 2 aromatic rings. The van der Waals surface area contributed by atoms with Crippen molar-refractivity contribution in [1.29, 1.82) is 0 Å². The van der Waals surface area contributed by atoms with Gasteiger partial charge in [-0.1, -0.05) is 25.1 Å². The molecule has 2 rings (SSSR count). The van der Waals surface area contributed by atoms with Crippen molar-refractivity contribution in [2.24, 2.45) is 0 Å². The zero-order valence-corrected chi connectivity index (χ0v) is 12.7. The highest BCUT2D eigenvalue weighted by Crippen LogP contribution is 2.26. The van der Waals surface area contributed by atoms with Crippen LogP contribution in [0.4, 0.5) is 13.2 Å². The normalized spacial score (nSPS) is 13.0. The van der Waals surface area contributed by atoms with Gasteiger partial charge in [-0.3, -0.25) is 4.98 Å². The van der Waals surface area contributed by atoms with Crippen LogP contribution in [-0.4, -0.2) is 37.0 Å². The smallest absolute Gasteiger partial charge is 0.255 e. The maximum atomic E-state index is 12.6. The van der Waals surface area contributed by atoms with Crippen molar-refractivity contribution in [3.63, 3.8) is 0 Å². The summed E-state index contributed by atoms with van der Waals surface area (Å²) in [6.07, 6.45) is -4.13. The zero-order chi connectivity index (χ0) is 16.4. The zero-order valence-electron chi connectivity index (χ0n) is 11.8. The first kappa shape index (κ1) is 16.7. The summed E-state index contributed by atoms with van der Waals surface area (Å²) in [5, 5.41) is 0.621. The highest BCUT2D eigenvalue weighted by Gasteiger charge is 2.32. The van der Waals surface area contributed by atoms with Gasteiger partial charge in [-0.2, -0.15) is 17.5 Å². The summed E-state index contributed by atoms with van der Waals surface area (Å²) >= 11 is 0. The Kier molecular flexibility index (Phi) is 4.72. The van der Waals surface area contributed by atoms with Crippen LogP contribution >= 0.6 is 0 Å². The van der Waals surface area contributed by atoms with Gasteiger partial charge in [0, 0.05) is 24.7 Å². The lowest BCUT2D eigenvalue weighted by Gasteiger charge is -2.21. The quantitative estimate of drug-likeness (QED) is 0.845. The fraction of sp³-hybridized carbons (Fsp3) is 0.357. The minimum atomic E-state index is -4.40. The van der Waals surface area contributed by atoms with E-state index in [0.717, 1.165) is 4.31 Å². The molecule has 120 valence electrons. The van der Waals surface area contributed by atoms with Crippen molar-refractivity contribution in [2.45, 2.75) is 24.4 Å². The molecular weight excluding hydrogens is 317 g/mol. The summed E-state index contributed by atoms with van der Waals surface area (Å²) in [5.41, 5.74) is 0.260. The van der Waals surface area contributed by atoms with Crippen molar-refractivity contribution in [1.82, 2.24) is 9.29 Å². The number of halogens is 3. The third-order valence-corrected chi connectivity index (χ3v) is 5.22. The monoisotopic (exact) mass is 332 g/mol. The number of hydrogen-bond donors (Lipinski definition) is 0. The molecule has 22 heavy (non-hydrogen) atoms. The SMILES string of the molecule is CCN(CCC(F)(F)F)S(=O)(=O)c1cccc2cccnc12. The van der Waals surface area contributed by atoms with Gasteiger partial charge in [0.2, 0.25) is 10.0 Å². The van der Waals surface area contributed by atoms with Crippen LogP contribution in [-0.2, 0) is 10.0 Å². The molecule has 0 fully saturated rings. The van der Waals surface area contributed by atoms with Crippen LogP contribution in [0.1, 0.15) is 13.3 Å². The van der Waals surface area contributed by atoms with Crippen LogP contribution in [0.3, 0.4) is 0 Å². The summed E-state index contributed by atoms with van der Waals surface area (Å²) in [4.78, 5) is 3.97. The van der Waals surface area contributed by atoms with Crippen molar-refractivity contribution in [3.8, 4) is 0 Å². The number of aromatic nitrogens is 1. The average Bonchev–Trinajstić information content (AvgIpc) is 2.45. The number of sulfonamides is 1. The van der Waals surface area contributed by atoms with Gasteiger partial charge in [-0.05, 0) is 12.1 Å². The van der Waals surface area contributed by atoms with Gasteiger partial charge >= 0.3 is 6.18 Å². The van der Waals surface area contributed by atoms with Crippen LogP contribution < -0.4 is 0 Å². The molecule has 0 saturated heterocycles. The lowest BCUT2D eigenvalue weighted by atomic mass is 10.2. The number of para-hydroxylation sites is 1. The van der Waals surface area contributed by atoms with Crippen molar-refractivity contribution < 1.29 is 21.6 Å². The van der Waals surface area contributed by atoms with Gasteiger partial charge in [0.1, 0.15) is 4.90 Å². The number of hydrogen-bond acceptors (Lipinski definition) is 3. The number of nitrogens with zero attached hydrogens (tertiary/aromatic N) is 2. The molecule has 0 saturated carbocycles. The Hall–Kier alpha value is -1.67. The van der Waals surface area contributed by atoms with Gasteiger partial charge in [-0.15, -0.1) is 0 Å². The Morgan fingerprint density at radius 3 is 2.50 bits per heavy atom. The van der Waals surface area contributed by atoms with E-state index in [0.29, 0.717) is 5.39 Å². The molecule has 0 aliphatic carbocycles. The molecule has 0 bridgehead atoms. The number of pyridine rings is 1. The van der Waals surface area contributed by atoms with Gasteiger partial charge in [-0.25, -0.2) is 8.42 Å². The Labute approximate surface area is 126 Å². The summed E-state index contributed by atoms with van der Waals surface area (Å²) < 4.78 is 63.1. The molecule has 1 heterocycles. The molecule has 0 aliphatic heterocycles. The standard InChI is InChI=1S/C14H15F3N2O2S/c1-2-19(10-8-14(15,16)17)22(20,21)12-7-3-5-11-6-4-9-18-13(11)12/h3-7,9H,2,8,10H2,1H3. The first-order valence-electron chi connectivity index (χ1n) is 6.66. The second kappa shape index (κ2) is 6.21. The van der Waals surface area contributed by atoms with Crippen molar-refractivity contribution >= 4 is 20.9 Å². The van der Waals surface area contributed by atoms with E-state index >= 15 is 0 Å². The minimum Gasteiger partial charge on any atom is -0.255 e. The maximum Gasteiger partial charge on any atom is 0.390 e. The summed E-state index contributed by atoms with van der Waals surface area (Å²) in [6, 6.07) is 7.98. The van der Waals surface area contributed by atoms with Crippen LogP contribution in [0.2, 0.25) is 0 Å². The second-order valence-electron chi connectivity index (χ2n) is 4.69. The largest absolute Gasteiger partial charge is 0.390 e. The predicted octanol–water partition coefficient (Wildman–Crippen LogP) is 3.20.